The van der Waals surface area contributed by atoms with Crippen LogP contribution in [0, 0.1) is 5.92 Å². The highest BCUT2D eigenvalue weighted by Crippen LogP contribution is 2.28. The number of hydrogen-bond donors (Lipinski definition) is 1. The molecule has 0 fully saturated rings. The highest BCUT2D eigenvalue weighted by molar-refractivity contribution is 6.35. The van der Waals surface area contributed by atoms with Crippen molar-refractivity contribution in [2.75, 3.05) is 6.54 Å². The Hall–Kier alpha value is -1.06. The van der Waals surface area contributed by atoms with E-state index < -0.39 is 0 Å². The molecule has 0 aliphatic rings. The first-order valence-corrected chi connectivity index (χ1v) is 7.77. The van der Waals surface area contributed by atoms with Gasteiger partial charge in [-0.1, -0.05) is 24.6 Å². The van der Waals surface area contributed by atoms with Crippen LogP contribution in [0.15, 0.2) is 18.2 Å². The number of rotatable bonds is 6. The Balaban J connectivity index is 2.33. The fourth-order valence-corrected chi connectivity index (χ4v) is 2.95. The first-order valence-electron chi connectivity index (χ1n) is 7.40. The summed E-state index contributed by atoms with van der Waals surface area (Å²) in [5.41, 5.74) is 7.67. The van der Waals surface area contributed by atoms with Crippen LogP contribution in [0.4, 0.5) is 0 Å². The van der Waals surface area contributed by atoms with Crippen LogP contribution in [-0.2, 0) is 6.42 Å². The number of benzene rings is 1. The second-order valence-electron chi connectivity index (χ2n) is 5.82. The maximum atomic E-state index is 6.35. The van der Waals surface area contributed by atoms with E-state index in [0.717, 1.165) is 47.7 Å². The van der Waals surface area contributed by atoms with Gasteiger partial charge < -0.3 is 10.3 Å². The van der Waals surface area contributed by atoms with Gasteiger partial charge >= 0.3 is 0 Å². The number of imidazole rings is 1. The molecule has 0 aliphatic carbocycles. The molecule has 0 radical (unpaired) electrons. The quantitative estimate of drug-likeness (QED) is 0.868. The first-order chi connectivity index (χ1) is 9.54. The van der Waals surface area contributed by atoms with Crippen molar-refractivity contribution < 1.29 is 0 Å². The number of aromatic nitrogens is 2. The second-order valence-corrected chi connectivity index (χ2v) is 6.23. The van der Waals surface area contributed by atoms with E-state index >= 15 is 0 Å². The summed E-state index contributed by atoms with van der Waals surface area (Å²) in [7, 11) is 0. The van der Waals surface area contributed by atoms with E-state index in [9.17, 15) is 0 Å². The molecule has 0 spiro atoms. The highest BCUT2D eigenvalue weighted by atomic mass is 35.5. The lowest BCUT2D eigenvalue weighted by Gasteiger charge is -2.15. The van der Waals surface area contributed by atoms with Crippen LogP contribution in [0.5, 0.6) is 0 Å². The minimum absolute atomic E-state index is 0.361. The molecule has 2 aromatic rings. The van der Waals surface area contributed by atoms with E-state index in [0.29, 0.717) is 12.0 Å². The molecule has 0 saturated carbocycles. The number of fused-ring (bicyclic) bond motifs is 1. The SMILES string of the molecule is CC(CCN)CCc1nc2cccc(Cl)c2n1C(C)C. The van der Waals surface area contributed by atoms with Gasteiger partial charge in [-0.15, -0.1) is 0 Å². The Kier molecular flexibility index (Phi) is 5.06. The molecule has 1 aromatic heterocycles. The topological polar surface area (TPSA) is 43.8 Å². The molecule has 4 heteroatoms. The minimum Gasteiger partial charge on any atom is -0.330 e. The van der Waals surface area contributed by atoms with E-state index in [1.54, 1.807) is 0 Å². The molecule has 1 aromatic carbocycles. The molecule has 2 rings (SSSR count). The van der Waals surface area contributed by atoms with Crippen molar-refractivity contribution in [3.63, 3.8) is 0 Å². The predicted molar refractivity (Wildman–Crippen MR) is 86.3 cm³/mol. The van der Waals surface area contributed by atoms with E-state index in [4.69, 9.17) is 22.3 Å². The second kappa shape index (κ2) is 6.59. The van der Waals surface area contributed by atoms with Crippen molar-refractivity contribution in [1.29, 1.82) is 0 Å². The smallest absolute Gasteiger partial charge is 0.110 e. The van der Waals surface area contributed by atoms with Crippen LogP contribution in [-0.4, -0.2) is 16.1 Å². The number of nitrogens with two attached hydrogens (primary N) is 1. The van der Waals surface area contributed by atoms with Gasteiger partial charge in [0.1, 0.15) is 5.82 Å². The summed E-state index contributed by atoms with van der Waals surface area (Å²) in [5, 5.41) is 0.782. The Labute approximate surface area is 126 Å². The van der Waals surface area contributed by atoms with E-state index in [1.807, 2.05) is 18.2 Å². The molecule has 1 unspecified atom stereocenters. The first kappa shape index (κ1) is 15.3. The summed E-state index contributed by atoms with van der Waals surface area (Å²) in [6, 6.07) is 6.29. The van der Waals surface area contributed by atoms with Crippen LogP contribution in [0.25, 0.3) is 11.0 Å². The van der Waals surface area contributed by atoms with E-state index in [-0.39, 0.29) is 0 Å². The third kappa shape index (κ3) is 3.15. The lowest BCUT2D eigenvalue weighted by molar-refractivity contribution is 0.479. The maximum absolute atomic E-state index is 6.35. The van der Waals surface area contributed by atoms with E-state index in [1.165, 1.54) is 0 Å². The van der Waals surface area contributed by atoms with E-state index in [2.05, 4.69) is 25.3 Å². The standard InChI is InChI=1S/C16H24ClN3/c1-11(2)20-15(8-7-12(3)9-10-18)19-14-6-4-5-13(17)16(14)20/h4-6,11-12H,7-10,18H2,1-3H3. The van der Waals surface area contributed by atoms with Gasteiger partial charge in [0.25, 0.3) is 0 Å². The lowest BCUT2D eigenvalue weighted by atomic mass is 10.0. The lowest BCUT2D eigenvalue weighted by Crippen LogP contribution is -2.10. The Bertz CT molecular complexity index is 574. The predicted octanol–water partition coefficient (Wildman–Crippen LogP) is 4.19. The van der Waals surface area contributed by atoms with Crippen LogP contribution in [0.3, 0.4) is 0 Å². The number of para-hydroxylation sites is 1. The fourth-order valence-electron chi connectivity index (χ4n) is 2.69. The summed E-state index contributed by atoms with van der Waals surface area (Å²) in [6.07, 6.45) is 3.16. The fraction of sp³-hybridized carbons (Fsp3) is 0.562. The molecule has 0 aliphatic heterocycles. The average molecular weight is 294 g/mol. The number of hydrogen-bond acceptors (Lipinski definition) is 2. The van der Waals surface area contributed by atoms with Crippen molar-refractivity contribution in [2.24, 2.45) is 11.7 Å². The Morgan fingerprint density at radius 3 is 2.65 bits per heavy atom. The van der Waals surface area contributed by atoms with Crippen LogP contribution in [0.1, 0.15) is 45.5 Å². The molecule has 0 amide bonds. The molecule has 110 valence electrons. The third-order valence-corrected chi connectivity index (χ3v) is 4.08. The number of halogens is 1. The number of aryl methyl sites for hydroxylation is 1. The zero-order valence-electron chi connectivity index (χ0n) is 12.6. The Morgan fingerprint density at radius 1 is 1.25 bits per heavy atom. The van der Waals surface area contributed by atoms with Gasteiger partial charge in [0.15, 0.2) is 0 Å². The zero-order valence-corrected chi connectivity index (χ0v) is 13.3. The summed E-state index contributed by atoms with van der Waals surface area (Å²) in [6.45, 7) is 7.37. The van der Waals surface area contributed by atoms with Crippen LogP contribution >= 0.6 is 11.6 Å². The van der Waals surface area contributed by atoms with Gasteiger partial charge in [0.05, 0.1) is 16.1 Å². The van der Waals surface area contributed by atoms with Crippen molar-refractivity contribution >= 4 is 22.6 Å². The van der Waals surface area contributed by atoms with Gasteiger partial charge in [-0.05, 0) is 51.3 Å². The van der Waals surface area contributed by atoms with Crippen molar-refractivity contribution in [2.45, 2.75) is 46.1 Å². The average Bonchev–Trinajstić information content (AvgIpc) is 2.76. The van der Waals surface area contributed by atoms with Gasteiger partial charge in [0.2, 0.25) is 0 Å². The maximum Gasteiger partial charge on any atom is 0.110 e. The van der Waals surface area contributed by atoms with Crippen molar-refractivity contribution in [1.82, 2.24) is 9.55 Å². The Morgan fingerprint density at radius 2 is 2.00 bits per heavy atom. The molecule has 0 saturated heterocycles. The largest absolute Gasteiger partial charge is 0.330 e. The molecular weight excluding hydrogens is 270 g/mol. The normalized spacial score (nSPS) is 13.3. The summed E-state index contributed by atoms with van der Waals surface area (Å²) < 4.78 is 2.27. The molecule has 2 N–H and O–H groups in total. The van der Waals surface area contributed by atoms with Gasteiger partial charge in [-0.3, -0.25) is 0 Å². The van der Waals surface area contributed by atoms with Crippen LogP contribution < -0.4 is 5.73 Å². The van der Waals surface area contributed by atoms with Crippen molar-refractivity contribution in [3.05, 3.63) is 29.0 Å². The van der Waals surface area contributed by atoms with Gasteiger partial charge in [0, 0.05) is 12.5 Å². The monoisotopic (exact) mass is 293 g/mol. The summed E-state index contributed by atoms with van der Waals surface area (Å²) >= 11 is 6.35. The molecular formula is C16H24ClN3. The highest BCUT2D eigenvalue weighted by Gasteiger charge is 2.16. The summed E-state index contributed by atoms with van der Waals surface area (Å²) in [4.78, 5) is 4.77. The molecule has 20 heavy (non-hydrogen) atoms. The number of nitrogens with zero attached hydrogens (tertiary/aromatic N) is 2. The van der Waals surface area contributed by atoms with Gasteiger partial charge in [-0.2, -0.15) is 0 Å². The van der Waals surface area contributed by atoms with Gasteiger partial charge in [-0.25, -0.2) is 4.98 Å². The summed E-state index contributed by atoms with van der Waals surface area (Å²) in [5.74, 6) is 1.77. The molecule has 1 heterocycles. The molecule has 0 bridgehead atoms. The third-order valence-electron chi connectivity index (χ3n) is 3.77. The minimum atomic E-state index is 0.361. The molecule has 1 atom stereocenters. The van der Waals surface area contributed by atoms with Crippen molar-refractivity contribution in [3.8, 4) is 0 Å². The zero-order chi connectivity index (χ0) is 14.7. The van der Waals surface area contributed by atoms with Crippen LogP contribution in [0.2, 0.25) is 5.02 Å². The molecule has 3 nitrogen and oxygen atoms in total.